The van der Waals surface area contributed by atoms with Gasteiger partial charge in [0.2, 0.25) is 0 Å². The number of fused-ring (bicyclic) bond motifs is 4. The Labute approximate surface area is 156 Å². The molecule has 5 rings (SSSR count). The summed E-state index contributed by atoms with van der Waals surface area (Å²) in [6.07, 6.45) is 5.41. The average molecular weight is 348 g/mol. The number of nitrogens with zero attached hydrogens (tertiary/aromatic N) is 4. The first-order valence-electron chi connectivity index (χ1n) is 10.1. The van der Waals surface area contributed by atoms with Crippen LogP contribution in [0.5, 0.6) is 0 Å². The van der Waals surface area contributed by atoms with Gasteiger partial charge >= 0.3 is 0 Å². The molecule has 0 radical (unpaired) electrons. The van der Waals surface area contributed by atoms with Crippen molar-refractivity contribution in [2.24, 2.45) is 11.8 Å². The maximum atomic E-state index is 4.46. The Morgan fingerprint density at radius 2 is 1.81 bits per heavy atom. The maximum absolute atomic E-state index is 4.46. The zero-order chi connectivity index (χ0) is 17.5. The molecule has 0 N–H and O–H groups in total. The Morgan fingerprint density at radius 1 is 0.923 bits per heavy atom. The predicted molar refractivity (Wildman–Crippen MR) is 104 cm³/mol. The van der Waals surface area contributed by atoms with Crippen molar-refractivity contribution >= 4 is 5.82 Å². The lowest BCUT2D eigenvalue weighted by molar-refractivity contribution is -0.0201. The number of piperidine rings is 3. The van der Waals surface area contributed by atoms with Gasteiger partial charge in [-0.05, 0) is 62.1 Å². The first-order valence-corrected chi connectivity index (χ1v) is 10.1. The molecule has 1 aromatic heterocycles. The molecule has 136 valence electrons. The lowest BCUT2D eigenvalue weighted by atomic mass is 9.74. The molecule has 0 unspecified atom stereocenters. The summed E-state index contributed by atoms with van der Waals surface area (Å²) in [5, 5.41) is 8.74. The van der Waals surface area contributed by atoms with Gasteiger partial charge in [0, 0.05) is 31.7 Å². The molecule has 4 heterocycles. The summed E-state index contributed by atoms with van der Waals surface area (Å²) in [6.45, 7) is 5.50. The fourth-order valence-electron chi connectivity index (χ4n) is 5.59. The summed E-state index contributed by atoms with van der Waals surface area (Å²) in [6, 6.07) is 16.8. The Hall–Kier alpha value is -1.94. The second-order valence-electron chi connectivity index (χ2n) is 8.42. The first kappa shape index (κ1) is 16.2. The van der Waals surface area contributed by atoms with E-state index in [1.165, 1.54) is 37.8 Å². The van der Waals surface area contributed by atoms with Gasteiger partial charge in [-0.3, -0.25) is 4.90 Å². The fourth-order valence-corrected chi connectivity index (χ4v) is 5.59. The minimum Gasteiger partial charge on any atom is -0.354 e. The van der Waals surface area contributed by atoms with Crippen molar-refractivity contribution in [2.75, 3.05) is 24.5 Å². The Bertz CT molecular complexity index is 744. The van der Waals surface area contributed by atoms with Gasteiger partial charge in [0.15, 0.2) is 5.82 Å². The lowest BCUT2D eigenvalue weighted by Crippen LogP contribution is -2.59. The molecule has 3 aliphatic rings. The van der Waals surface area contributed by atoms with Crippen molar-refractivity contribution in [1.82, 2.24) is 15.1 Å². The minimum atomic E-state index is 0.617. The topological polar surface area (TPSA) is 32.3 Å². The highest BCUT2D eigenvalue weighted by Gasteiger charge is 2.45. The van der Waals surface area contributed by atoms with E-state index >= 15 is 0 Å². The number of hydrogen-bond donors (Lipinski definition) is 0. The second kappa shape index (κ2) is 6.66. The van der Waals surface area contributed by atoms with E-state index in [0.29, 0.717) is 6.04 Å². The number of aryl methyl sites for hydroxylation is 1. The Kier molecular flexibility index (Phi) is 4.16. The molecule has 4 nitrogen and oxygen atoms in total. The van der Waals surface area contributed by atoms with Gasteiger partial charge in [0.05, 0.1) is 5.69 Å². The van der Waals surface area contributed by atoms with Gasteiger partial charge in [0.25, 0.3) is 0 Å². The minimum absolute atomic E-state index is 0.617. The molecule has 2 bridgehead atoms. The fraction of sp³-hybridized carbons (Fsp3) is 0.545. The van der Waals surface area contributed by atoms with Crippen LogP contribution in [0, 0.1) is 18.8 Å². The molecule has 0 saturated carbocycles. The quantitative estimate of drug-likeness (QED) is 0.825. The Balaban J connectivity index is 1.38. The number of hydrogen-bond acceptors (Lipinski definition) is 4. The molecule has 0 amide bonds. The summed E-state index contributed by atoms with van der Waals surface area (Å²) in [4.78, 5) is 5.35. The lowest BCUT2D eigenvalue weighted by Gasteiger charge is -2.55. The van der Waals surface area contributed by atoms with Crippen LogP contribution in [0.3, 0.4) is 0 Å². The number of aromatic nitrogens is 2. The SMILES string of the molecule is Cc1ccc(N2C[C@@H]3C[C@H](C2)[C@@H]2CCC[C@H](c4ccccc4)N2C3)nn1. The van der Waals surface area contributed by atoms with E-state index in [9.17, 15) is 0 Å². The van der Waals surface area contributed by atoms with E-state index in [2.05, 4.69) is 62.5 Å². The van der Waals surface area contributed by atoms with E-state index < -0.39 is 0 Å². The van der Waals surface area contributed by atoms with Crippen LogP contribution in [0.2, 0.25) is 0 Å². The van der Waals surface area contributed by atoms with Crippen LogP contribution in [0.15, 0.2) is 42.5 Å². The monoisotopic (exact) mass is 348 g/mol. The van der Waals surface area contributed by atoms with Crippen LogP contribution in [0.4, 0.5) is 5.82 Å². The predicted octanol–water partition coefficient (Wildman–Crippen LogP) is 3.84. The molecule has 2 aromatic rings. The van der Waals surface area contributed by atoms with E-state index in [0.717, 1.165) is 42.5 Å². The molecular weight excluding hydrogens is 320 g/mol. The van der Waals surface area contributed by atoms with Gasteiger partial charge in [-0.1, -0.05) is 30.3 Å². The third-order valence-electron chi connectivity index (χ3n) is 6.68. The molecule has 26 heavy (non-hydrogen) atoms. The van der Waals surface area contributed by atoms with E-state index in [4.69, 9.17) is 0 Å². The van der Waals surface area contributed by atoms with Crippen molar-refractivity contribution in [3.63, 3.8) is 0 Å². The summed E-state index contributed by atoms with van der Waals surface area (Å²) < 4.78 is 0. The number of rotatable bonds is 2. The van der Waals surface area contributed by atoms with Crippen LogP contribution >= 0.6 is 0 Å². The second-order valence-corrected chi connectivity index (χ2v) is 8.42. The third kappa shape index (κ3) is 2.90. The van der Waals surface area contributed by atoms with Crippen LogP contribution < -0.4 is 4.90 Å². The molecule has 3 saturated heterocycles. The van der Waals surface area contributed by atoms with Gasteiger partial charge < -0.3 is 4.90 Å². The molecule has 1 aromatic carbocycles. The number of anilines is 1. The summed E-state index contributed by atoms with van der Waals surface area (Å²) >= 11 is 0. The highest BCUT2D eigenvalue weighted by Crippen LogP contribution is 2.44. The normalized spacial score (nSPS) is 31.5. The van der Waals surface area contributed by atoms with Crippen molar-refractivity contribution in [3.8, 4) is 0 Å². The highest BCUT2D eigenvalue weighted by atomic mass is 15.3. The zero-order valence-corrected chi connectivity index (χ0v) is 15.6. The van der Waals surface area contributed by atoms with Gasteiger partial charge in [0.1, 0.15) is 0 Å². The van der Waals surface area contributed by atoms with Crippen LogP contribution in [0.25, 0.3) is 0 Å². The first-order chi connectivity index (χ1) is 12.8. The summed E-state index contributed by atoms with van der Waals surface area (Å²) in [5.74, 6) is 2.57. The third-order valence-corrected chi connectivity index (χ3v) is 6.68. The van der Waals surface area contributed by atoms with Crippen molar-refractivity contribution in [1.29, 1.82) is 0 Å². The van der Waals surface area contributed by atoms with Gasteiger partial charge in [-0.15, -0.1) is 5.10 Å². The standard InChI is InChI=1S/C22H28N4/c1-16-10-11-22(24-23-16)25-13-17-12-19(15-25)21-9-5-8-20(26(21)14-17)18-6-3-2-4-7-18/h2-4,6-7,10-11,17,19-21H,5,8-9,12-15H2,1H3/t17-,19+,20+,21-/m0/s1. The Morgan fingerprint density at radius 3 is 2.62 bits per heavy atom. The maximum Gasteiger partial charge on any atom is 0.151 e. The average Bonchev–Trinajstić information content (AvgIpc) is 2.69. The highest BCUT2D eigenvalue weighted by molar-refractivity contribution is 5.38. The van der Waals surface area contributed by atoms with E-state index in [1.54, 1.807) is 0 Å². The van der Waals surface area contributed by atoms with Crippen molar-refractivity contribution in [3.05, 3.63) is 53.7 Å². The van der Waals surface area contributed by atoms with Gasteiger partial charge in [-0.2, -0.15) is 5.10 Å². The molecule has 3 aliphatic heterocycles. The number of benzene rings is 1. The van der Waals surface area contributed by atoms with E-state index in [-0.39, 0.29) is 0 Å². The van der Waals surface area contributed by atoms with Gasteiger partial charge in [-0.25, -0.2) is 0 Å². The van der Waals surface area contributed by atoms with Crippen LogP contribution in [0.1, 0.15) is 43.0 Å². The largest absolute Gasteiger partial charge is 0.354 e. The smallest absolute Gasteiger partial charge is 0.151 e. The molecule has 3 fully saturated rings. The molecule has 0 aliphatic carbocycles. The molecule has 4 atom stereocenters. The zero-order valence-electron chi connectivity index (χ0n) is 15.6. The summed E-state index contributed by atoms with van der Waals surface area (Å²) in [7, 11) is 0. The summed E-state index contributed by atoms with van der Waals surface area (Å²) in [5.41, 5.74) is 2.51. The molecular formula is C22H28N4. The molecule has 0 spiro atoms. The van der Waals surface area contributed by atoms with Crippen molar-refractivity contribution in [2.45, 2.75) is 44.7 Å². The van der Waals surface area contributed by atoms with Crippen molar-refractivity contribution < 1.29 is 0 Å². The van der Waals surface area contributed by atoms with Crippen LogP contribution in [-0.4, -0.2) is 40.8 Å². The van der Waals surface area contributed by atoms with E-state index in [1.807, 2.05) is 6.92 Å². The van der Waals surface area contributed by atoms with Crippen LogP contribution in [-0.2, 0) is 0 Å². The molecule has 4 heteroatoms.